The minimum absolute atomic E-state index is 0.0420. The van der Waals surface area contributed by atoms with Gasteiger partial charge in [-0.25, -0.2) is 0 Å². The molecular formula is C17H18N2O2. The molecule has 0 spiro atoms. The topological polar surface area (TPSA) is 55.6 Å². The zero-order valence-corrected chi connectivity index (χ0v) is 12.1. The molecule has 3 rings (SSSR count). The number of hydrogen-bond acceptors (Lipinski definition) is 3. The molecule has 108 valence electrons. The van der Waals surface area contributed by atoms with Gasteiger partial charge in [-0.05, 0) is 36.8 Å². The molecule has 1 amide bonds. The van der Waals surface area contributed by atoms with E-state index in [1.54, 1.807) is 12.0 Å². The van der Waals surface area contributed by atoms with Crippen molar-refractivity contribution >= 4 is 11.6 Å². The molecule has 0 unspecified atom stereocenters. The van der Waals surface area contributed by atoms with E-state index in [0.717, 1.165) is 22.6 Å². The first-order valence-corrected chi connectivity index (χ1v) is 6.91. The van der Waals surface area contributed by atoms with Crippen LogP contribution in [0.25, 0.3) is 0 Å². The van der Waals surface area contributed by atoms with Gasteiger partial charge in [0.25, 0.3) is 0 Å². The van der Waals surface area contributed by atoms with Gasteiger partial charge in [0.15, 0.2) is 0 Å². The summed E-state index contributed by atoms with van der Waals surface area (Å²) in [6.07, 6.45) is 0. The summed E-state index contributed by atoms with van der Waals surface area (Å²) in [7, 11) is 1.63. The number of hydrogen-bond donors (Lipinski definition) is 1. The van der Waals surface area contributed by atoms with E-state index in [2.05, 4.69) is 0 Å². The molecule has 1 fully saturated rings. The second-order valence-corrected chi connectivity index (χ2v) is 5.29. The molecule has 0 aromatic heterocycles. The van der Waals surface area contributed by atoms with Crippen molar-refractivity contribution in [3.8, 4) is 5.75 Å². The SMILES string of the molecule is COc1ccc([C@@H]2[C@H](N)C(=O)N2c2ccc(C)cc2)cc1. The Labute approximate surface area is 124 Å². The highest BCUT2D eigenvalue weighted by atomic mass is 16.5. The number of amides is 1. The molecule has 4 heteroatoms. The third-order valence-electron chi connectivity index (χ3n) is 3.91. The first-order chi connectivity index (χ1) is 10.1. The number of ether oxygens (including phenoxy) is 1. The predicted molar refractivity (Wildman–Crippen MR) is 82.4 cm³/mol. The number of β-lactam (4-membered cyclic amide) rings is 1. The van der Waals surface area contributed by atoms with Crippen LogP contribution >= 0.6 is 0 Å². The number of rotatable bonds is 3. The van der Waals surface area contributed by atoms with Gasteiger partial charge in [0.05, 0.1) is 13.2 Å². The molecule has 0 bridgehead atoms. The first kappa shape index (κ1) is 13.6. The first-order valence-electron chi connectivity index (χ1n) is 6.91. The number of benzene rings is 2. The van der Waals surface area contributed by atoms with Crippen LogP contribution in [0.2, 0.25) is 0 Å². The van der Waals surface area contributed by atoms with E-state index in [1.807, 2.05) is 55.5 Å². The molecule has 4 nitrogen and oxygen atoms in total. The third-order valence-corrected chi connectivity index (χ3v) is 3.91. The van der Waals surface area contributed by atoms with Crippen molar-refractivity contribution in [2.75, 3.05) is 12.0 Å². The molecule has 1 aliphatic heterocycles. The lowest BCUT2D eigenvalue weighted by Crippen LogP contribution is -2.63. The van der Waals surface area contributed by atoms with E-state index in [0.29, 0.717) is 0 Å². The highest BCUT2D eigenvalue weighted by Gasteiger charge is 2.46. The molecule has 2 N–H and O–H groups in total. The van der Waals surface area contributed by atoms with Crippen molar-refractivity contribution < 1.29 is 9.53 Å². The normalized spacial score (nSPS) is 21.1. The van der Waals surface area contributed by atoms with Crippen molar-refractivity contribution in [3.63, 3.8) is 0 Å². The Morgan fingerprint density at radius 2 is 1.67 bits per heavy atom. The van der Waals surface area contributed by atoms with Gasteiger partial charge in [0.2, 0.25) is 5.91 Å². The van der Waals surface area contributed by atoms with Crippen LogP contribution in [0.15, 0.2) is 48.5 Å². The molecule has 2 atom stereocenters. The summed E-state index contributed by atoms with van der Waals surface area (Å²) in [5.74, 6) is 0.750. The second-order valence-electron chi connectivity index (χ2n) is 5.29. The quantitative estimate of drug-likeness (QED) is 0.880. The molecule has 0 saturated carbocycles. The van der Waals surface area contributed by atoms with Gasteiger partial charge < -0.3 is 15.4 Å². The van der Waals surface area contributed by atoms with E-state index in [1.165, 1.54) is 0 Å². The van der Waals surface area contributed by atoms with Gasteiger partial charge in [-0.2, -0.15) is 0 Å². The monoisotopic (exact) mass is 282 g/mol. The van der Waals surface area contributed by atoms with E-state index in [9.17, 15) is 4.79 Å². The van der Waals surface area contributed by atoms with Crippen LogP contribution in [0.1, 0.15) is 17.2 Å². The van der Waals surface area contributed by atoms with Crippen molar-refractivity contribution in [2.24, 2.45) is 5.73 Å². The smallest absolute Gasteiger partial charge is 0.247 e. The maximum atomic E-state index is 12.1. The highest BCUT2D eigenvalue weighted by Crippen LogP contribution is 2.38. The Hall–Kier alpha value is -2.33. The number of methoxy groups -OCH3 is 1. The minimum Gasteiger partial charge on any atom is -0.497 e. The molecule has 1 saturated heterocycles. The third kappa shape index (κ3) is 2.28. The van der Waals surface area contributed by atoms with Gasteiger partial charge in [0.1, 0.15) is 11.8 Å². The van der Waals surface area contributed by atoms with E-state index in [-0.39, 0.29) is 11.9 Å². The summed E-state index contributed by atoms with van der Waals surface area (Å²) >= 11 is 0. The largest absolute Gasteiger partial charge is 0.497 e. The average molecular weight is 282 g/mol. The average Bonchev–Trinajstić information content (AvgIpc) is 2.53. The van der Waals surface area contributed by atoms with Crippen LogP contribution in [0.5, 0.6) is 5.75 Å². The van der Waals surface area contributed by atoms with Crippen molar-refractivity contribution in [1.29, 1.82) is 0 Å². The fourth-order valence-corrected chi connectivity index (χ4v) is 2.66. The van der Waals surface area contributed by atoms with E-state index >= 15 is 0 Å². The summed E-state index contributed by atoms with van der Waals surface area (Å²) in [6.45, 7) is 2.02. The lowest BCUT2D eigenvalue weighted by atomic mass is 9.88. The van der Waals surface area contributed by atoms with Crippen LogP contribution < -0.4 is 15.4 Å². The second kappa shape index (κ2) is 5.22. The van der Waals surface area contributed by atoms with Crippen molar-refractivity contribution in [3.05, 3.63) is 59.7 Å². The van der Waals surface area contributed by atoms with Crippen molar-refractivity contribution in [2.45, 2.75) is 19.0 Å². The Morgan fingerprint density at radius 1 is 1.05 bits per heavy atom. The van der Waals surface area contributed by atoms with Gasteiger partial charge in [0, 0.05) is 5.69 Å². The standard InChI is InChI=1S/C17H18N2O2/c1-11-3-7-13(8-4-11)19-16(15(18)17(19)20)12-5-9-14(21-2)10-6-12/h3-10,15-16H,18H2,1-2H3/t15-,16+/m0/s1. The summed E-state index contributed by atoms with van der Waals surface area (Å²) < 4.78 is 5.16. The van der Waals surface area contributed by atoms with Gasteiger partial charge in [-0.3, -0.25) is 4.79 Å². The summed E-state index contributed by atoms with van der Waals surface area (Å²) in [6, 6.07) is 15.0. The van der Waals surface area contributed by atoms with Gasteiger partial charge in [-0.15, -0.1) is 0 Å². The molecule has 2 aromatic carbocycles. The maximum absolute atomic E-state index is 12.1. The lowest BCUT2D eigenvalue weighted by Gasteiger charge is -2.45. The Balaban J connectivity index is 1.92. The molecule has 1 heterocycles. The predicted octanol–water partition coefficient (Wildman–Crippen LogP) is 2.42. The Bertz CT molecular complexity index is 649. The number of nitrogens with two attached hydrogens (primary N) is 1. The summed E-state index contributed by atoms with van der Waals surface area (Å²) in [5.41, 5.74) is 9.07. The zero-order chi connectivity index (χ0) is 15.0. The fraction of sp³-hybridized carbons (Fsp3) is 0.235. The molecule has 21 heavy (non-hydrogen) atoms. The number of carbonyl (C=O) groups excluding carboxylic acids is 1. The van der Waals surface area contributed by atoms with Crippen molar-refractivity contribution in [1.82, 2.24) is 0 Å². The lowest BCUT2D eigenvalue weighted by molar-refractivity contribution is -0.126. The molecule has 0 aliphatic carbocycles. The van der Waals surface area contributed by atoms with Crippen LogP contribution in [-0.4, -0.2) is 19.1 Å². The maximum Gasteiger partial charge on any atom is 0.247 e. The van der Waals surface area contributed by atoms with Crippen LogP contribution in [0, 0.1) is 6.92 Å². The molecule has 1 aliphatic rings. The molecule has 2 aromatic rings. The number of anilines is 1. The van der Waals surface area contributed by atoms with Crippen LogP contribution in [-0.2, 0) is 4.79 Å². The van der Waals surface area contributed by atoms with Crippen LogP contribution in [0.4, 0.5) is 5.69 Å². The van der Waals surface area contributed by atoms with Crippen LogP contribution in [0.3, 0.4) is 0 Å². The fourth-order valence-electron chi connectivity index (χ4n) is 2.66. The molecule has 0 radical (unpaired) electrons. The molecular weight excluding hydrogens is 264 g/mol. The summed E-state index contributed by atoms with van der Waals surface area (Å²) in [5, 5.41) is 0. The number of aryl methyl sites for hydroxylation is 1. The Kier molecular flexibility index (Phi) is 3.39. The highest BCUT2D eigenvalue weighted by molar-refractivity contribution is 6.05. The van der Waals surface area contributed by atoms with E-state index < -0.39 is 6.04 Å². The summed E-state index contributed by atoms with van der Waals surface area (Å²) in [4.78, 5) is 13.9. The Morgan fingerprint density at radius 3 is 2.24 bits per heavy atom. The zero-order valence-electron chi connectivity index (χ0n) is 12.1. The minimum atomic E-state index is -0.486. The van der Waals surface area contributed by atoms with Gasteiger partial charge >= 0.3 is 0 Å². The number of carbonyl (C=O) groups is 1. The van der Waals surface area contributed by atoms with Gasteiger partial charge in [-0.1, -0.05) is 29.8 Å². The number of nitrogens with zero attached hydrogens (tertiary/aromatic N) is 1. The van der Waals surface area contributed by atoms with E-state index in [4.69, 9.17) is 10.5 Å².